The first kappa shape index (κ1) is 9.22. The number of hydrogen-bond donors (Lipinski definition) is 1. The van der Waals surface area contributed by atoms with Gasteiger partial charge >= 0.3 is 0 Å². The minimum absolute atomic E-state index is 0.579. The van der Waals surface area contributed by atoms with E-state index in [0.29, 0.717) is 6.54 Å². The number of aromatic nitrogens is 1. The van der Waals surface area contributed by atoms with Gasteiger partial charge in [-0.2, -0.15) is 0 Å². The van der Waals surface area contributed by atoms with Crippen molar-refractivity contribution in [1.82, 2.24) is 4.98 Å². The Kier molecular flexibility index (Phi) is 3.25. The van der Waals surface area contributed by atoms with Crippen LogP contribution in [0.4, 0.5) is 5.13 Å². The number of rotatable bonds is 3. The third-order valence-corrected chi connectivity index (χ3v) is 2.44. The van der Waals surface area contributed by atoms with Crippen molar-refractivity contribution in [1.29, 1.82) is 0 Å². The lowest BCUT2D eigenvalue weighted by Crippen LogP contribution is -2.07. The second-order valence-corrected chi connectivity index (χ2v) is 3.62. The molecule has 3 nitrogen and oxygen atoms in total. The van der Waals surface area contributed by atoms with Gasteiger partial charge in [0.2, 0.25) is 0 Å². The Labute approximate surface area is 76.5 Å². The molecule has 0 atom stereocenters. The van der Waals surface area contributed by atoms with Gasteiger partial charge in [-0.25, -0.2) is 4.98 Å². The summed E-state index contributed by atoms with van der Waals surface area (Å²) < 4.78 is 0. The molecule has 1 aromatic rings. The van der Waals surface area contributed by atoms with E-state index in [-0.39, 0.29) is 0 Å². The molecule has 1 aromatic heterocycles. The van der Waals surface area contributed by atoms with Crippen LogP contribution in [0.25, 0.3) is 6.08 Å². The molecule has 0 bridgehead atoms. The zero-order valence-electron chi connectivity index (χ0n) is 7.32. The maximum Gasteiger partial charge on any atom is 0.185 e. The normalized spacial score (nSPS) is 10.9. The molecule has 0 saturated carbocycles. The first-order valence-corrected chi connectivity index (χ1v) is 4.55. The Morgan fingerprint density at radius 3 is 2.92 bits per heavy atom. The minimum Gasteiger partial charge on any atom is -0.354 e. The van der Waals surface area contributed by atoms with Gasteiger partial charge in [0.05, 0.1) is 0 Å². The maximum absolute atomic E-state index is 5.33. The van der Waals surface area contributed by atoms with E-state index in [9.17, 15) is 0 Å². The molecule has 1 heterocycles. The molecular weight excluding hydrogens is 170 g/mol. The van der Waals surface area contributed by atoms with Crippen LogP contribution in [0.3, 0.4) is 0 Å². The topological polar surface area (TPSA) is 42.2 Å². The van der Waals surface area contributed by atoms with Crippen LogP contribution >= 0.6 is 11.3 Å². The molecule has 0 aromatic carbocycles. The molecule has 0 aliphatic rings. The van der Waals surface area contributed by atoms with Crippen LogP contribution in [0, 0.1) is 0 Å². The highest BCUT2D eigenvalue weighted by Gasteiger charge is 1.99. The lowest BCUT2D eigenvalue weighted by Gasteiger charge is -2.04. The average Bonchev–Trinajstić information content (AvgIpc) is 2.48. The standard InChI is InChI=1S/C8H13N3S/c1-11(2)8-10-6-7(12-8)4-3-5-9/h3-4,6H,5,9H2,1-2H3/b4-3+. The molecular formula is C8H13N3S. The van der Waals surface area contributed by atoms with E-state index in [1.54, 1.807) is 11.3 Å². The second-order valence-electron chi connectivity index (χ2n) is 2.58. The Balaban J connectivity index is 2.70. The van der Waals surface area contributed by atoms with Gasteiger partial charge in [0.1, 0.15) is 0 Å². The highest BCUT2D eigenvalue weighted by Crippen LogP contribution is 2.20. The summed E-state index contributed by atoms with van der Waals surface area (Å²) in [5.74, 6) is 0. The third-order valence-electron chi connectivity index (χ3n) is 1.31. The van der Waals surface area contributed by atoms with Crippen molar-refractivity contribution in [2.45, 2.75) is 0 Å². The van der Waals surface area contributed by atoms with Crippen LogP contribution in [0.15, 0.2) is 12.3 Å². The Morgan fingerprint density at radius 2 is 2.42 bits per heavy atom. The fourth-order valence-electron chi connectivity index (χ4n) is 0.745. The van der Waals surface area contributed by atoms with Gasteiger partial charge in [-0.05, 0) is 6.08 Å². The van der Waals surface area contributed by atoms with Crippen LogP contribution in [0.5, 0.6) is 0 Å². The van der Waals surface area contributed by atoms with Crippen LogP contribution < -0.4 is 10.6 Å². The summed E-state index contributed by atoms with van der Waals surface area (Å²) in [5, 5.41) is 1.02. The van der Waals surface area contributed by atoms with Gasteiger partial charge in [0.15, 0.2) is 5.13 Å². The molecule has 12 heavy (non-hydrogen) atoms. The second kappa shape index (κ2) is 4.23. The first-order valence-electron chi connectivity index (χ1n) is 3.74. The predicted molar refractivity (Wildman–Crippen MR) is 54.5 cm³/mol. The maximum atomic E-state index is 5.33. The van der Waals surface area contributed by atoms with E-state index in [1.807, 2.05) is 37.3 Å². The summed E-state index contributed by atoms with van der Waals surface area (Å²) in [6.07, 6.45) is 5.77. The Hall–Kier alpha value is -0.870. The van der Waals surface area contributed by atoms with Crippen LogP contribution in [0.2, 0.25) is 0 Å². The Morgan fingerprint density at radius 1 is 1.67 bits per heavy atom. The summed E-state index contributed by atoms with van der Waals surface area (Å²) in [6.45, 7) is 0.579. The molecule has 0 radical (unpaired) electrons. The number of nitrogens with zero attached hydrogens (tertiary/aromatic N) is 2. The molecule has 2 N–H and O–H groups in total. The van der Waals surface area contributed by atoms with Crippen molar-refractivity contribution in [2.75, 3.05) is 25.5 Å². The fourth-order valence-corrected chi connectivity index (χ4v) is 1.51. The van der Waals surface area contributed by atoms with E-state index in [2.05, 4.69) is 4.98 Å². The first-order chi connectivity index (χ1) is 5.74. The molecule has 0 amide bonds. The smallest absolute Gasteiger partial charge is 0.185 e. The Bertz CT molecular complexity index is 265. The number of anilines is 1. The summed E-state index contributed by atoms with van der Waals surface area (Å²) >= 11 is 1.65. The number of hydrogen-bond acceptors (Lipinski definition) is 4. The molecule has 0 unspecified atom stereocenters. The fraction of sp³-hybridized carbons (Fsp3) is 0.375. The summed E-state index contributed by atoms with van der Waals surface area (Å²) in [5.41, 5.74) is 5.33. The van der Waals surface area contributed by atoms with Crippen molar-refractivity contribution >= 4 is 22.5 Å². The third kappa shape index (κ3) is 2.32. The summed E-state index contributed by atoms with van der Waals surface area (Å²) in [6, 6.07) is 0. The van der Waals surface area contributed by atoms with Crippen molar-refractivity contribution in [3.05, 3.63) is 17.2 Å². The van der Waals surface area contributed by atoms with Crippen molar-refractivity contribution in [3.63, 3.8) is 0 Å². The molecule has 0 aliphatic heterocycles. The van der Waals surface area contributed by atoms with Gasteiger partial charge in [-0.3, -0.25) is 0 Å². The monoisotopic (exact) mass is 183 g/mol. The van der Waals surface area contributed by atoms with Crippen LogP contribution in [-0.4, -0.2) is 25.6 Å². The minimum atomic E-state index is 0.579. The highest BCUT2D eigenvalue weighted by atomic mass is 32.1. The van der Waals surface area contributed by atoms with E-state index >= 15 is 0 Å². The van der Waals surface area contributed by atoms with Crippen LogP contribution in [0.1, 0.15) is 4.88 Å². The molecule has 0 fully saturated rings. The lowest BCUT2D eigenvalue weighted by molar-refractivity contribution is 1.10. The van der Waals surface area contributed by atoms with E-state index in [1.165, 1.54) is 0 Å². The summed E-state index contributed by atoms with van der Waals surface area (Å²) in [4.78, 5) is 7.35. The molecule has 1 rings (SSSR count). The van der Waals surface area contributed by atoms with E-state index < -0.39 is 0 Å². The zero-order valence-corrected chi connectivity index (χ0v) is 8.14. The SMILES string of the molecule is CN(C)c1ncc(/C=C/CN)s1. The average molecular weight is 183 g/mol. The zero-order chi connectivity index (χ0) is 8.97. The largest absolute Gasteiger partial charge is 0.354 e. The predicted octanol–water partition coefficient (Wildman–Crippen LogP) is 1.18. The van der Waals surface area contributed by atoms with Gasteiger partial charge in [-0.1, -0.05) is 17.4 Å². The van der Waals surface area contributed by atoms with E-state index in [4.69, 9.17) is 5.73 Å². The van der Waals surface area contributed by atoms with Gasteiger partial charge in [-0.15, -0.1) is 0 Å². The number of nitrogens with two attached hydrogens (primary N) is 1. The van der Waals surface area contributed by atoms with Gasteiger partial charge in [0, 0.05) is 31.7 Å². The van der Waals surface area contributed by atoms with Crippen molar-refractivity contribution in [2.24, 2.45) is 5.73 Å². The molecule has 0 saturated heterocycles. The lowest BCUT2D eigenvalue weighted by atomic mass is 10.4. The van der Waals surface area contributed by atoms with Gasteiger partial charge in [0.25, 0.3) is 0 Å². The highest BCUT2D eigenvalue weighted by molar-refractivity contribution is 7.16. The van der Waals surface area contributed by atoms with Crippen molar-refractivity contribution < 1.29 is 0 Å². The van der Waals surface area contributed by atoms with Crippen molar-refractivity contribution in [3.8, 4) is 0 Å². The molecule has 4 heteroatoms. The van der Waals surface area contributed by atoms with Gasteiger partial charge < -0.3 is 10.6 Å². The molecule has 0 aliphatic carbocycles. The quantitative estimate of drug-likeness (QED) is 0.765. The molecule has 0 spiro atoms. The van der Waals surface area contributed by atoms with Crippen LogP contribution in [-0.2, 0) is 0 Å². The summed E-state index contributed by atoms with van der Waals surface area (Å²) in [7, 11) is 3.96. The van der Waals surface area contributed by atoms with E-state index in [0.717, 1.165) is 10.0 Å². The molecule has 66 valence electrons. The number of thiazole rings is 1.